The number of aryl methyl sites for hydroxylation is 1. The molecular formula is C30H32O6S. The molecule has 2 heterocycles. The standard InChI is InChI=1S/C30H32O6S/c1-5-16-33-23-9-12-25(28(18-23)36-37(31,32)24-10-6-20(2)7-11-24)22-17-21-8-13-27-26(29(21)34-19-22)14-15-30(3,4)35-27/h6-15,17-18,21,29H,5,16,19H2,1-4H3. The van der Waals surface area contributed by atoms with Crippen molar-refractivity contribution in [2.24, 2.45) is 5.92 Å². The Balaban J connectivity index is 1.47. The number of ether oxygens (including phenoxy) is 3. The van der Waals surface area contributed by atoms with E-state index >= 15 is 0 Å². The van der Waals surface area contributed by atoms with Gasteiger partial charge in [0.2, 0.25) is 0 Å². The van der Waals surface area contributed by atoms with Gasteiger partial charge in [0.25, 0.3) is 0 Å². The van der Waals surface area contributed by atoms with Crippen LogP contribution in [-0.2, 0) is 19.6 Å². The van der Waals surface area contributed by atoms with Crippen molar-refractivity contribution in [2.45, 2.75) is 50.7 Å². The van der Waals surface area contributed by atoms with Crippen LogP contribution in [0.4, 0.5) is 0 Å². The van der Waals surface area contributed by atoms with Crippen LogP contribution >= 0.6 is 0 Å². The summed E-state index contributed by atoms with van der Waals surface area (Å²) in [6.07, 6.45) is 11.0. The summed E-state index contributed by atoms with van der Waals surface area (Å²) >= 11 is 0. The number of fused-ring (bicyclic) bond motifs is 2. The summed E-state index contributed by atoms with van der Waals surface area (Å²) in [4.78, 5) is 0.0968. The molecule has 6 nitrogen and oxygen atoms in total. The Kier molecular flexibility index (Phi) is 6.77. The maximum absolute atomic E-state index is 13.2. The second-order valence-electron chi connectivity index (χ2n) is 10.1. The van der Waals surface area contributed by atoms with Crippen LogP contribution in [0.25, 0.3) is 5.57 Å². The molecule has 1 aliphatic carbocycles. The van der Waals surface area contributed by atoms with Crippen molar-refractivity contribution >= 4 is 15.7 Å². The van der Waals surface area contributed by atoms with Crippen LogP contribution in [0.5, 0.6) is 11.5 Å². The molecule has 2 unspecified atom stereocenters. The van der Waals surface area contributed by atoms with Gasteiger partial charge in [-0.05, 0) is 69.2 Å². The molecule has 2 atom stereocenters. The number of allylic oxidation sites excluding steroid dienone is 1. The van der Waals surface area contributed by atoms with Gasteiger partial charge in [0.15, 0.2) is 5.75 Å². The minimum Gasteiger partial charge on any atom is -0.493 e. The minimum atomic E-state index is -4.05. The molecule has 0 fully saturated rings. The molecular weight excluding hydrogens is 488 g/mol. The summed E-state index contributed by atoms with van der Waals surface area (Å²) in [6, 6.07) is 11.9. The number of benzene rings is 2. The van der Waals surface area contributed by atoms with Crippen LogP contribution in [-0.4, -0.2) is 33.3 Å². The summed E-state index contributed by atoms with van der Waals surface area (Å²) in [5.74, 6) is 1.57. The molecule has 2 aromatic carbocycles. The molecule has 0 spiro atoms. The predicted octanol–water partition coefficient (Wildman–Crippen LogP) is 6.14. The lowest BCUT2D eigenvalue weighted by Gasteiger charge is -2.37. The molecule has 0 N–H and O–H groups in total. The van der Waals surface area contributed by atoms with Crippen LogP contribution < -0.4 is 8.92 Å². The van der Waals surface area contributed by atoms with Crippen molar-refractivity contribution in [1.82, 2.24) is 0 Å². The Bertz CT molecular complexity index is 1410. The van der Waals surface area contributed by atoms with Gasteiger partial charge < -0.3 is 18.4 Å². The van der Waals surface area contributed by atoms with Crippen molar-refractivity contribution in [3.05, 3.63) is 95.3 Å². The summed E-state index contributed by atoms with van der Waals surface area (Å²) in [5.41, 5.74) is 3.13. The third-order valence-corrected chi connectivity index (χ3v) is 7.79. The highest BCUT2D eigenvalue weighted by molar-refractivity contribution is 7.87. The lowest BCUT2D eigenvalue weighted by atomic mass is 9.83. The van der Waals surface area contributed by atoms with E-state index in [1.807, 2.05) is 52.0 Å². The fourth-order valence-electron chi connectivity index (χ4n) is 4.61. The third-order valence-electron chi connectivity index (χ3n) is 6.54. The van der Waals surface area contributed by atoms with E-state index in [4.69, 9.17) is 18.4 Å². The lowest BCUT2D eigenvalue weighted by Crippen LogP contribution is -2.35. The summed E-state index contributed by atoms with van der Waals surface area (Å²) < 4.78 is 50.2. The molecule has 7 heteroatoms. The van der Waals surface area contributed by atoms with Crippen molar-refractivity contribution in [1.29, 1.82) is 0 Å². The van der Waals surface area contributed by atoms with E-state index in [1.54, 1.807) is 30.3 Å². The zero-order chi connectivity index (χ0) is 26.2. The molecule has 3 aliphatic rings. The Morgan fingerprint density at radius 2 is 1.86 bits per heavy atom. The zero-order valence-corrected chi connectivity index (χ0v) is 22.4. The summed E-state index contributed by atoms with van der Waals surface area (Å²) in [7, 11) is -4.05. The maximum atomic E-state index is 13.2. The Morgan fingerprint density at radius 1 is 1.08 bits per heavy atom. The largest absolute Gasteiger partial charge is 0.493 e. The molecule has 0 amide bonds. The fraction of sp³-hybridized carbons (Fsp3) is 0.333. The van der Waals surface area contributed by atoms with Gasteiger partial charge in [-0.25, -0.2) is 0 Å². The number of hydrogen-bond acceptors (Lipinski definition) is 6. The quantitative estimate of drug-likeness (QED) is 0.409. The van der Waals surface area contributed by atoms with E-state index in [9.17, 15) is 8.42 Å². The molecule has 0 bridgehead atoms. The molecule has 2 aromatic rings. The highest BCUT2D eigenvalue weighted by Crippen LogP contribution is 2.41. The van der Waals surface area contributed by atoms with Gasteiger partial charge in [-0.3, -0.25) is 0 Å². The molecule has 0 aromatic heterocycles. The monoisotopic (exact) mass is 520 g/mol. The Morgan fingerprint density at radius 3 is 2.62 bits per heavy atom. The van der Waals surface area contributed by atoms with Gasteiger partial charge in [0.1, 0.15) is 22.0 Å². The first kappa shape index (κ1) is 25.4. The molecule has 0 saturated heterocycles. The smallest absolute Gasteiger partial charge is 0.339 e. The second-order valence-corrected chi connectivity index (χ2v) is 11.6. The molecule has 2 aliphatic heterocycles. The van der Waals surface area contributed by atoms with Crippen molar-refractivity contribution in [3.63, 3.8) is 0 Å². The topological polar surface area (TPSA) is 71.1 Å². The predicted molar refractivity (Wildman–Crippen MR) is 143 cm³/mol. The highest BCUT2D eigenvalue weighted by atomic mass is 32.2. The van der Waals surface area contributed by atoms with E-state index in [2.05, 4.69) is 18.2 Å². The van der Waals surface area contributed by atoms with Crippen LogP contribution in [0.1, 0.15) is 38.3 Å². The highest BCUT2D eigenvalue weighted by Gasteiger charge is 2.35. The molecule has 5 rings (SSSR count). The van der Waals surface area contributed by atoms with Crippen LogP contribution in [0.2, 0.25) is 0 Å². The Hall–Kier alpha value is -3.29. The van der Waals surface area contributed by atoms with Crippen LogP contribution in [0.15, 0.2) is 89.1 Å². The van der Waals surface area contributed by atoms with E-state index in [0.717, 1.165) is 28.9 Å². The van der Waals surface area contributed by atoms with Crippen molar-refractivity contribution in [2.75, 3.05) is 13.2 Å². The van der Waals surface area contributed by atoms with Gasteiger partial charge in [0, 0.05) is 23.1 Å². The minimum absolute atomic E-state index is 0.0189. The van der Waals surface area contributed by atoms with E-state index in [0.29, 0.717) is 24.5 Å². The van der Waals surface area contributed by atoms with Crippen LogP contribution in [0.3, 0.4) is 0 Å². The molecule has 0 radical (unpaired) electrons. The Labute approximate surface area is 219 Å². The lowest BCUT2D eigenvalue weighted by molar-refractivity contribution is 0.0474. The first-order valence-electron chi connectivity index (χ1n) is 12.6. The van der Waals surface area contributed by atoms with Gasteiger partial charge in [-0.2, -0.15) is 8.42 Å². The van der Waals surface area contributed by atoms with Gasteiger partial charge in [0.05, 0.1) is 19.3 Å². The maximum Gasteiger partial charge on any atom is 0.339 e. The zero-order valence-electron chi connectivity index (χ0n) is 21.6. The SMILES string of the molecule is CCCOc1ccc(C2=CC3C=CC4=C(C=CC(C)(C)O4)C3OC2)c(OS(=O)(=O)c2ccc(C)cc2)c1. The van der Waals surface area contributed by atoms with Gasteiger partial charge in [-0.15, -0.1) is 0 Å². The molecule has 37 heavy (non-hydrogen) atoms. The first-order valence-corrected chi connectivity index (χ1v) is 14.0. The molecule has 194 valence electrons. The first-order chi connectivity index (χ1) is 17.6. The van der Waals surface area contributed by atoms with Crippen molar-refractivity contribution in [3.8, 4) is 11.5 Å². The van der Waals surface area contributed by atoms with E-state index in [-0.39, 0.29) is 28.3 Å². The van der Waals surface area contributed by atoms with E-state index in [1.165, 1.54) is 0 Å². The third kappa shape index (κ3) is 5.38. The summed E-state index contributed by atoms with van der Waals surface area (Å²) in [6.45, 7) is 8.79. The number of hydrogen-bond donors (Lipinski definition) is 0. The average Bonchev–Trinajstić information content (AvgIpc) is 2.86. The average molecular weight is 521 g/mol. The summed E-state index contributed by atoms with van der Waals surface area (Å²) in [5, 5.41) is 0. The second kappa shape index (κ2) is 9.88. The number of rotatable bonds is 7. The van der Waals surface area contributed by atoms with Crippen molar-refractivity contribution < 1.29 is 26.8 Å². The molecule has 0 saturated carbocycles. The van der Waals surface area contributed by atoms with E-state index < -0.39 is 10.1 Å². The normalized spacial score (nSPS) is 22.0. The van der Waals surface area contributed by atoms with Crippen LogP contribution in [0, 0.1) is 12.8 Å². The van der Waals surface area contributed by atoms with Gasteiger partial charge >= 0.3 is 10.1 Å². The van der Waals surface area contributed by atoms with Gasteiger partial charge in [-0.1, -0.05) is 42.8 Å². The fourth-order valence-corrected chi connectivity index (χ4v) is 5.55.